The minimum Gasteiger partial charge on any atom is -0.395 e. The highest BCUT2D eigenvalue weighted by Crippen LogP contribution is 2.35. The molecule has 0 radical (unpaired) electrons. The summed E-state index contributed by atoms with van der Waals surface area (Å²) in [5.74, 6) is 0. The summed E-state index contributed by atoms with van der Waals surface area (Å²) in [4.78, 5) is 2.47. The van der Waals surface area contributed by atoms with E-state index in [0.29, 0.717) is 12.1 Å². The number of aliphatic hydroxyl groups is 1. The molecule has 0 aromatic heterocycles. The predicted octanol–water partition coefficient (Wildman–Crippen LogP) is 2.59. The van der Waals surface area contributed by atoms with Crippen LogP contribution in [0.2, 0.25) is 0 Å². The smallest absolute Gasteiger partial charge is 0.0558 e. The summed E-state index contributed by atoms with van der Waals surface area (Å²) in [5.41, 5.74) is 1.38. The van der Waals surface area contributed by atoms with E-state index < -0.39 is 0 Å². The van der Waals surface area contributed by atoms with Gasteiger partial charge in [-0.3, -0.25) is 4.90 Å². The van der Waals surface area contributed by atoms with Crippen LogP contribution in [0.5, 0.6) is 0 Å². The Morgan fingerprint density at radius 3 is 2.50 bits per heavy atom. The molecule has 0 spiro atoms. The van der Waals surface area contributed by atoms with E-state index in [4.69, 9.17) is 5.11 Å². The van der Waals surface area contributed by atoms with Gasteiger partial charge in [-0.25, -0.2) is 0 Å². The average molecular weight is 219 g/mol. The first-order chi connectivity index (χ1) is 7.86. The molecule has 0 aliphatic heterocycles. The number of rotatable bonds is 6. The molecule has 2 nitrogen and oxygen atoms in total. The van der Waals surface area contributed by atoms with Gasteiger partial charge in [-0.2, -0.15) is 0 Å². The van der Waals surface area contributed by atoms with Gasteiger partial charge in [-0.05, 0) is 24.8 Å². The van der Waals surface area contributed by atoms with Gasteiger partial charge < -0.3 is 5.11 Å². The van der Waals surface area contributed by atoms with Gasteiger partial charge in [0, 0.05) is 18.6 Å². The van der Waals surface area contributed by atoms with Crippen LogP contribution in [0.1, 0.15) is 37.8 Å². The molecule has 1 aliphatic rings. The fourth-order valence-corrected chi connectivity index (χ4v) is 2.45. The summed E-state index contributed by atoms with van der Waals surface area (Å²) in [6.07, 6.45) is 3.70. The van der Waals surface area contributed by atoms with Crippen molar-refractivity contribution < 1.29 is 5.11 Å². The Morgan fingerprint density at radius 1 is 1.31 bits per heavy atom. The van der Waals surface area contributed by atoms with E-state index in [2.05, 4.69) is 42.2 Å². The molecule has 2 rings (SSSR count). The van der Waals surface area contributed by atoms with E-state index >= 15 is 0 Å². The molecule has 0 amide bonds. The molecule has 1 unspecified atom stereocenters. The molecule has 2 heteroatoms. The Kier molecular flexibility index (Phi) is 3.97. The highest BCUT2D eigenvalue weighted by atomic mass is 16.3. The highest BCUT2D eigenvalue weighted by molar-refractivity contribution is 5.19. The SMILES string of the molecule is CCC(c1ccccc1)N(CCO)C1CC1. The largest absolute Gasteiger partial charge is 0.395 e. The van der Waals surface area contributed by atoms with E-state index in [9.17, 15) is 0 Å². The standard InChI is InChI=1S/C14H21NO/c1-2-14(12-6-4-3-5-7-12)15(10-11-16)13-8-9-13/h3-7,13-14,16H,2,8-11H2,1H3. The zero-order valence-electron chi connectivity index (χ0n) is 9.97. The summed E-state index contributed by atoms with van der Waals surface area (Å²) in [7, 11) is 0. The van der Waals surface area contributed by atoms with Gasteiger partial charge in [-0.1, -0.05) is 37.3 Å². The monoisotopic (exact) mass is 219 g/mol. The highest BCUT2D eigenvalue weighted by Gasteiger charge is 2.33. The minimum atomic E-state index is 0.264. The third-order valence-corrected chi connectivity index (χ3v) is 3.35. The lowest BCUT2D eigenvalue weighted by molar-refractivity contribution is 0.139. The van der Waals surface area contributed by atoms with E-state index in [1.165, 1.54) is 18.4 Å². The van der Waals surface area contributed by atoms with Crippen molar-refractivity contribution in [3.63, 3.8) is 0 Å². The minimum absolute atomic E-state index is 0.264. The normalized spacial score (nSPS) is 17.7. The van der Waals surface area contributed by atoms with E-state index in [-0.39, 0.29) is 6.61 Å². The maximum Gasteiger partial charge on any atom is 0.0558 e. The van der Waals surface area contributed by atoms with Crippen molar-refractivity contribution in [1.82, 2.24) is 4.90 Å². The van der Waals surface area contributed by atoms with Crippen LogP contribution in [0.3, 0.4) is 0 Å². The number of benzene rings is 1. The zero-order valence-corrected chi connectivity index (χ0v) is 9.97. The third kappa shape index (κ3) is 2.63. The van der Waals surface area contributed by atoms with Crippen LogP contribution >= 0.6 is 0 Å². The molecule has 0 saturated heterocycles. The number of aliphatic hydroxyl groups excluding tert-OH is 1. The van der Waals surface area contributed by atoms with Crippen LogP contribution in [0.4, 0.5) is 0 Å². The molecule has 1 aromatic carbocycles. The van der Waals surface area contributed by atoms with Crippen LogP contribution in [0.15, 0.2) is 30.3 Å². The molecular weight excluding hydrogens is 198 g/mol. The molecular formula is C14H21NO. The maximum absolute atomic E-state index is 9.16. The molecule has 1 fully saturated rings. The summed E-state index contributed by atoms with van der Waals surface area (Å²) >= 11 is 0. The average Bonchev–Trinajstić information content (AvgIpc) is 3.14. The van der Waals surface area contributed by atoms with Gasteiger partial charge in [0.2, 0.25) is 0 Å². The first kappa shape index (κ1) is 11.6. The quantitative estimate of drug-likeness (QED) is 0.795. The lowest BCUT2D eigenvalue weighted by atomic mass is 10.0. The summed E-state index contributed by atoms with van der Waals surface area (Å²) in [5, 5.41) is 9.16. The van der Waals surface area contributed by atoms with Crippen molar-refractivity contribution in [3.05, 3.63) is 35.9 Å². The van der Waals surface area contributed by atoms with Gasteiger partial charge >= 0.3 is 0 Å². The fraction of sp³-hybridized carbons (Fsp3) is 0.571. The van der Waals surface area contributed by atoms with Gasteiger partial charge in [0.15, 0.2) is 0 Å². The Morgan fingerprint density at radius 2 is 2.00 bits per heavy atom. The third-order valence-electron chi connectivity index (χ3n) is 3.35. The molecule has 1 aliphatic carbocycles. The van der Waals surface area contributed by atoms with Gasteiger partial charge in [0.25, 0.3) is 0 Å². The Labute approximate surface area is 97.9 Å². The van der Waals surface area contributed by atoms with Crippen LogP contribution in [-0.2, 0) is 0 Å². The van der Waals surface area contributed by atoms with Crippen LogP contribution in [0.25, 0.3) is 0 Å². The van der Waals surface area contributed by atoms with Gasteiger partial charge in [0.05, 0.1) is 6.61 Å². The second kappa shape index (κ2) is 5.46. The summed E-state index contributed by atoms with van der Waals surface area (Å²) in [6, 6.07) is 11.8. The maximum atomic E-state index is 9.16. The predicted molar refractivity (Wildman–Crippen MR) is 66.3 cm³/mol. The fourth-order valence-electron chi connectivity index (χ4n) is 2.45. The molecule has 16 heavy (non-hydrogen) atoms. The van der Waals surface area contributed by atoms with Crippen molar-refractivity contribution in [1.29, 1.82) is 0 Å². The lowest BCUT2D eigenvalue weighted by Gasteiger charge is -2.31. The molecule has 1 N–H and O–H groups in total. The second-order valence-electron chi connectivity index (χ2n) is 4.53. The Hall–Kier alpha value is -0.860. The molecule has 1 saturated carbocycles. The second-order valence-corrected chi connectivity index (χ2v) is 4.53. The van der Waals surface area contributed by atoms with Crippen LogP contribution < -0.4 is 0 Å². The number of hydrogen-bond acceptors (Lipinski definition) is 2. The van der Waals surface area contributed by atoms with Crippen molar-refractivity contribution in [2.75, 3.05) is 13.2 Å². The molecule has 88 valence electrons. The first-order valence-corrected chi connectivity index (χ1v) is 6.28. The summed E-state index contributed by atoms with van der Waals surface area (Å²) < 4.78 is 0. The van der Waals surface area contributed by atoms with Gasteiger partial charge in [-0.15, -0.1) is 0 Å². The summed E-state index contributed by atoms with van der Waals surface area (Å²) in [6.45, 7) is 3.29. The molecule has 0 bridgehead atoms. The van der Waals surface area contributed by atoms with Crippen molar-refractivity contribution in [2.45, 2.75) is 38.3 Å². The van der Waals surface area contributed by atoms with Gasteiger partial charge in [0.1, 0.15) is 0 Å². The van der Waals surface area contributed by atoms with Crippen molar-refractivity contribution in [2.24, 2.45) is 0 Å². The van der Waals surface area contributed by atoms with Crippen molar-refractivity contribution >= 4 is 0 Å². The zero-order chi connectivity index (χ0) is 11.4. The molecule has 0 heterocycles. The molecule has 1 atom stereocenters. The topological polar surface area (TPSA) is 23.5 Å². The Bertz CT molecular complexity index is 308. The van der Waals surface area contributed by atoms with Crippen molar-refractivity contribution in [3.8, 4) is 0 Å². The first-order valence-electron chi connectivity index (χ1n) is 6.28. The van der Waals surface area contributed by atoms with Crippen LogP contribution in [0, 0.1) is 0 Å². The van der Waals surface area contributed by atoms with E-state index in [1.807, 2.05) is 0 Å². The van der Waals surface area contributed by atoms with Crippen LogP contribution in [-0.4, -0.2) is 29.2 Å². The van der Waals surface area contributed by atoms with E-state index in [0.717, 1.165) is 13.0 Å². The lowest BCUT2D eigenvalue weighted by Crippen LogP contribution is -2.33. The van der Waals surface area contributed by atoms with E-state index in [1.54, 1.807) is 0 Å². The molecule has 1 aromatic rings. The Balaban J connectivity index is 2.13. The number of hydrogen-bond donors (Lipinski definition) is 1. The number of nitrogens with zero attached hydrogens (tertiary/aromatic N) is 1.